The first-order chi connectivity index (χ1) is 12.7. The Kier molecular flexibility index (Phi) is 6.41. The molecule has 140 valence electrons. The van der Waals surface area contributed by atoms with Crippen LogP contribution in [0.1, 0.15) is 21.5 Å². The van der Waals surface area contributed by atoms with Crippen molar-refractivity contribution in [2.75, 3.05) is 0 Å². The Morgan fingerprint density at radius 3 is 2.37 bits per heavy atom. The lowest BCUT2D eigenvalue weighted by molar-refractivity contribution is -0.137. The van der Waals surface area contributed by atoms with Crippen LogP contribution in [0, 0.1) is 0 Å². The third-order valence-corrected chi connectivity index (χ3v) is 3.76. The number of aliphatic imine (C=N–C) groups is 1. The molecule has 8 heteroatoms. The second-order valence-corrected chi connectivity index (χ2v) is 5.76. The number of nitrogens with two attached hydrogens (primary N) is 1. The van der Waals surface area contributed by atoms with Crippen molar-refractivity contribution in [1.29, 1.82) is 0 Å². The summed E-state index contributed by atoms with van der Waals surface area (Å²) in [5.74, 6) is -0.940. The standard InChI is InChI=1S/C19H15ClF3N3O/c1-12(16(10-25-11-24)13-6-8-14(20)9-7-13)26-18(27)15-4-2-3-5-17(15)19(21,22)23/h2-11H,1H2,(H2,24,25)(H,26,27)/b16-10+. The second kappa shape index (κ2) is 8.55. The summed E-state index contributed by atoms with van der Waals surface area (Å²) in [7, 11) is 0. The van der Waals surface area contributed by atoms with Crippen LogP contribution in [0.2, 0.25) is 5.02 Å². The van der Waals surface area contributed by atoms with E-state index in [0.29, 0.717) is 16.2 Å². The van der Waals surface area contributed by atoms with Gasteiger partial charge < -0.3 is 11.1 Å². The number of carbonyl (C=O) groups is 1. The lowest BCUT2D eigenvalue weighted by atomic mass is 10.0. The predicted octanol–water partition coefficient (Wildman–Crippen LogP) is 4.63. The van der Waals surface area contributed by atoms with Gasteiger partial charge in [0.05, 0.1) is 17.5 Å². The molecular formula is C19H15ClF3N3O. The van der Waals surface area contributed by atoms with Gasteiger partial charge in [0, 0.05) is 22.5 Å². The first-order valence-corrected chi connectivity index (χ1v) is 7.98. The molecule has 3 N–H and O–H groups in total. The maximum atomic E-state index is 13.1. The number of nitrogens with one attached hydrogen (secondary N) is 1. The molecule has 1 amide bonds. The van der Waals surface area contributed by atoms with Crippen molar-refractivity contribution in [3.63, 3.8) is 0 Å². The first kappa shape index (κ1) is 20.3. The molecule has 0 unspecified atom stereocenters. The molecule has 0 aliphatic carbocycles. The molecule has 0 atom stereocenters. The second-order valence-electron chi connectivity index (χ2n) is 5.32. The van der Waals surface area contributed by atoms with Gasteiger partial charge in [-0.3, -0.25) is 4.79 Å². The fourth-order valence-electron chi connectivity index (χ4n) is 2.27. The van der Waals surface area contributed by atoms with Gasteiger partial charge in [-0.1, -0.05) is 42.4 Å². The lowest BCUT2D eigenvalue weighted by Crippen LogP contribution is -2.26. The number of benzene rings is 2. The third kappa shape index (κ3) is 5.21. The van der Waals surface area contributed by atoms with Crippen LogP contribution in [0.15, 0.2) is 72.0 Å². The van der Waals surface area contributed by atoms with Gasteiger partial charge in [0.1, 0.15) is 0 Å². The Hall–Kier alpha value is -3.06. The molecule has 0 radical (unpaired) electrons. The fourth-order valence-corrected chi connectivity index (χ4v) is 2.40. The molecule has 0 aliphatic rings. The molecule has 0 heterocycles. The SMILES string of the molecule is C=C(NC(=O)c1ccccc1C(F)(F)F)/C(=C\N=C/N)c1ccc(Cl)cc1. The largest absolute Gasteiger partial charge is 0.417 e. The Labute approximate surface area is 158 Å². The molecule has 0 aliphatic heterocycles. The van der Waals surface area contributed by atoms with Crippen molar-refractivity contribution >= 4 is 29.4 Å². The monoisotopic (exact) mass is 393 g/mol. The summed E-state index contributed by atoms with van der Waals surface area (Å²) in [5.41, 5.74) is 4.72. The van der Waals surface area contributed by atoms with Crippen LogP contribution >= 0.6 is 11.6 Å². The summed E-state index contributed by atoms with van der Waals surface area (Å²) in [6.45, 7) is 3.73. The number of carbonyl (C=O) groups excluding carboxylic acids is 1. The minimum atomic E-state index is -4.66. The van der Waals surface area contributed by atoms with Crippen molar-refractivity contribution in [3.8, 4) is 0 Å². The summed E-state index contributed by atoms with van der Waals surface area (Å²) in [6, 6.07) is 11.0. The summed E-state index contributed by atoms with van der Waals surface area (Å²) in [5, 5.41) is 2.88. The van der Waals surface area contributed by atoms with Gasteiger partial charge in [0.2, 0.25) is 0 Å². The van der Waals surface area contributed by atoms with Gasteiger partial charge in [-0.25, -0.2) is 4.99 Å². The van der Waals surface area contributed by atoms with Crippen molar-refractivity contribution < 1.29 is 18.0 Å². The molecule has 0 saturated heterocycles. The van der Waals surface area contributed by atoms with E-state index in [9.17, 15) is 18.0 Å². The van der Waals surface area contributed by atoms with Crippen LogP contribution < -0.4 is 11.1 Å². The summed E-state index contributed by atoms with van der Waals surface area (Å²) in [6.07, 6.45) is -2.29. The minimum absolute atomic E-state index is 0.0601. The van der Waals surface area contributed by atoms with E-state index >= 15 is 0 Å². The highest BCUT2D eigenvalue weighted by molar-refractivity contribution is 6.30. The average molecular weight is 394 g/mol. The smallest absolute Gasteiger partial charge is 0.390 e. The Balaban J connectivity index is 2.33. The van der Waals surface area contributed by atoms with E-state index in [2.05, 4.69) is 16.9 Å². The quantitative estimate of drug-likeness (QED) is 0.442. The van der Waals surface area contributed by atoms with Crippen LogP contribution in [0.4, 0.5) is 13.2 Å². The highest BCUT2D eigenvalue weighted by Crippen LogP contribution is 2.32. The van der Waals surface area contributed by atoms with E-state index in [1.165, 1.54) is 18.3 Å². The number of amides is 1. The molecule has 0 spiro atoms. The van der Waals surface area contributed by atoms with Crippen LogP contribution in [0.3, 0.4) is 0 Å². The van der Waals surface area contributed by atoms with E-state index in [1.54, 1.807) is 24.3 Å². The van der Waals surface area contributed by atoms with Gasteiger partial charge in [0.25, 0.3) is 5.91 Å². The summed E-state index contributed by atoms with van der Waals surface area (Å²) in [4.78, 5) is 16.2. The van der Waals surface area contributed by atoms with E-state index < -0.39 is 23.2 Å². The number of alkyl halides is 3. The van der Waals surface area contributed by atoms with Gasteiger partial charge >= 0.3 is 6.18 Å². The average Bonchev–Trinajstić information content (AvgIpc) is 2.62. The molecule has 0 fully saturated rings. The highest BCUT2D eigenvalue weighted by Gasteiger charge is 2.34. The minimum Gasteiger partial charge on any atom is -0.390 e. The summed E-state index contributed by atoms with van der Waals surface area (Å²) < 4.78 is 39.3. The van der Waals surface area contributed by atoms with Crippen LogP contribution in [0.5, 0.6) is 0 Å². The fraction of sp³-hybridized carbons (Fsp3) is 0.0526. The molecule has 27 heavy (non-hydrogen) atoms. The normalized spacial score (nSPS) is 12.2. The molecule has 0 saturated carbocycles. The predicted molar refractivity (Wildman–Crippen MR) is 100 cm³/mol. The molecular weight excluding hydrogens is 379 g/mol. The number of rotatable bonds is 5. The van der Waals surface area contributed by atoms with E-state index in [4.69, 9.17) is 17.3 Å². The van der Waals surface area contributed by atoms with Gasteiger partial charge in [-0.2, -0.15) is 13.2 Å². The molecule has 0 bridgehead atoms. The Bertz CT molecular complexity index is 903. The number of allylic oxidation sites excluding steroid dienone is 1. The highest BCUT2D eigenvalue weighted by atomic mass is 35.5. The van der Waals surface area contributed by atoms with Gasteiger partial charge in [-0.05, 0) is 29.8 Å². The zero-order valence-corrected chi connectivity index (χ0v) is 14.7. The summed E-state index contributed by atoms with van der Waals surface area (Å²) >= 11 is 5.86. The molecule has 0 aromatic heterocycles. The number of nitrogens with zero attached hydrogens (tertiary/aromatic N) is 1. The number of hydrogen-bond donors (Lipinski definition) is 2. The Morgan fingerprint density at radius 1 is 1.15 bits per heavy atom. The topological polar surface area (TPSA) is 67.5 Å². The molecule has 2 aromatic rings. The van der Waals surface area contributed by atoms with Crippen LogP contribution in [-0.2, 0) is 6.18 Å². The zero-order chi connectivity index (χ0) is 20.0. The number of hydrogen-bond acceptors (Lipinski definition) is 2. The van der Waals surface area contributed by atoms with Crippen LogP contribution in [0.25, 0.3) is 5.57 Å². The number of halogens is 4. The molecule has 4 nitrogen and oxygen atoms in total. The lowest BCUT2D eigenvalue weighted by Gasteiger charge is -2.15. The van der Waals surface area contributed by atoms with Gasteiger partial charge in [-0.15, -0.1) is 0 Å². The van der Waals surface area contributed by atoms with Gasteiger partial charge in [0.15, 0.2) is 0 Å². The van der Waals surface area contributed by atoms with E-state index in [0.717, 1.165) is 18.5 Å². The van der Waals surface area contributed by atoms with Crippen molar-refractivity contribution in [3.05, 3.63) is 88.7 Å². The first-order valence-electron chi connectivity index (χ1n) is 7.60. The zero-order valence-electron chi connectivity index (χ0n) is 13.9. The van der Waals surface area contributed by atoms with Crippen molar-refractivity contribution in [2.24, 2.45) is 10.7 Å². The molecule has 2 aromatic carbocycles. The Morgan fingerprint density at radius 2 is 1.78 bits per heavy atom. The van der Waals surface area contributed by atoms with E-state index in [1.807, 2.05) is 0 Å². The maximum Gasteiger partial charge on any atom is 0.417 e. The van der Waals surface area contributed by atoms with Crippen molar-refractivity contribution in [1.82, 2.24) is 5.32 Å². The van der Waals surface area contributed by atoms with Crippen LogP contribution in [-0.4, -0.2) is 12.2 Å². The maximum absolute atomic E-state index is 13.1. The van der Waals surface area contributed by atoms with Crippen molar-refractivity contribution in [2.45, 2.75) is 6.18 Å². The van der Waals surface area contributed by atoms with E-state index in [-0.39, 0.29) is 5.70 Å². The third-order valence-electron chi connectivity index (χ3n) is 3.51. The molecule has 2 rings (SSSR count).